The first-order valence-corrected chi connectivity index (χ1v) is 7.34. The minimum Gasteiger partial charge on any atom is -0.493 e. The van der Waals surface area contributed by atoms with Gasteiger partial charge in [0.15, 0.2) is 0 Å². The van der Waals surface area contributed by atoms with Crippen LogP contribution in [0.5, 0.6) is 5.75 Å². The van der Waals surface area contributed by atoms with E-state index in [1.165, 1.54) is 16.7 Å². The number of ether oxygens (including phenoxy) is 1. The van der Waals surface area contributed by atoms with Crippen LogP contribution < -0.4 is 10.5 Å². The van der Waals surface area contributed by atoms with E-state index in [-0.39, 0.29) is 11.5 Å². The van der Waals surface area contributed by atoms with Crippen LogP contribution in [0, 0.1) is 6.92 Å². The Morgan fingerprint density at radius 3 is 2.58 bits per heavy atom. The first-order valence-electron chi connectivity index (χ1n) is 7.34. The van der Waals surface area contributed by atoms with E-state index < -0.39 is 0 Å². The lowest BCUT2D eigenvalue weighted by Gasteiger charge is -2.27. The normalized spacial score (nSPS) is 21.3. The van der Waals surface area contributed by atoms with Crippen molar-refractivity contribution in [2.75, 3.05) is 6.61 Å². The van der Waals surface area contributed by atoms with Crippen molar-refractivity contribution in [2.45, 2.75) is 64.8 Å². The second-order valence-electron chi connectivity index (χ2n) is 6.94. The van der Waals surface area contributed by atoms with Crippen molar-refractivity contribution in [3.63, 3.8) is 0 Å². The predicted molar refractivity (Wildman–Crippen MR) is 81.0 cm³/mol. The van der Waals surface area contributed by atoms with Gasteiger partial charge in [0.2, 0.25) is 0 Å². The van der Waals surface area contributed by atoms with E-state index >= 15 is 0 Å². The summed E-state index contributed by atoms with van der Waals surface area (Å²) in [5.74, 6) is 1.51. The summed E-state index contributed by atoms with van der Waals surface area (Å²) in [4.78, 5) is 0. The van der Waals surface area contributed by atoms with Crippen molar-refractivity contribution in [3.05, 3.63) is 28.8 Å². The second-order valence-corrected chi connectivity index (χ2v) is 6.94. The Balaban J connectivity index is 2.62. The number of benzene rings is 1. The zero-order chi connectivity index (χ0) is 14.2. The molecule has 19 heavy (non-hydrogen) atoms. The summed E-state index contributed by atoms with van der Waals surface area (Å²) in [7, 11) is 0. The van der Waals surface area contributed by atoms with Crippen LogP contribution in [0.3, 0.4) is 0 Å². The van der Waals surface area contributed by atoms with Crippen molar-refractivity contribution in [2.24, 2.45) is 5.73 Å². The number of hydrogen-bond acceptors (Lipinski definition) is 2. The van der Waals surface area contributed by atoms with E-state index in [1.807, 2.05) is 0 Å². The molecule has 0 saturated carbocycles. The molecule has 1 aromatic rings. The molecule has 2 heteroatoms. The van der Waals surface area contributed by atoms with Crippen LogP contribution in [0.1, 0.15) is 63.1 Å². The molecule has 0 amide bonds. The van der Waals surface area contributed by atoms with Gasteiger partial charge in [0.1, 0.15) is 5.75 Å². The van der Waals surface area contributed by atoms with Crippen LogP contribution in [0.2, 0.25) is 0 Å². The van der Waals surface area contributed by atoms with Gasteiger partial charge in [-0.2, -0.15) is 0 Å². The maximum absolute atomic E-state index is 6.21. The Hall–Kier alpha value is -1.02. The SMILES string of the molecule is Cc1cc2c(c(C(C)(C)C)c1)OCCCC2C(C)N. The molecular weight excluding hydrogens is 234 g/mol. The molecule has 2 atom stereocenters. The van der Waals surface area contributed by atoms with Crippen molar-refractivity contribution >= 4 is 0 Å². The van der Waals surface area contributed by atoms with E-state index in [9.17, 15) is 0 Å². The van der Waals surface area contributed by atoms with Crippen molar-refractivity contribution in [1.82, 2.24) is 0 Å². The average Bonchev–Trinajstić information content (AvgIpc) is 2.48. The molecular formula is C17H27NO. The van der Waals surface area contributed by atoms with Gasteiger partial charge < -0.3 is 10.5 Å². The monoisotopic (exact) mass is 261 g/mol. The van der Waals surface area contributed by atoms with Crippen LogP contribution in [0.15, 0.2) is 12.1 Å². The number of hydrogen-bond donors (Lipinski definition) is 1. The van der Waals surface area contributed by atoms with Crippen LogP contribution in [0.4, 0.5) is 0 Å². The van der Waals surface area contributed by atoms with Crippen LogP contribution in [-0.2, 0) is 5.41 Å². The Morgan fingerprint density at radius 2 is 2.00 bits per heavy atom. The number of fused-ring (bicyclic) bond motifs is 1. The van der Waals surface area contributed by atoms with E-state index in [4.69, 9.17) is 10.5 Å². The number of aryl methyl sites for hydroxylation is 1. The van der Waals surface area contributed by atoms with Crippen LogP contribution in [0.25, 0.3) is 0 Å². The lowest BCUT2D eigenvalue weighted by atomic mass is 9.80. The zero-order valence-corrected chi connectivity index (χ0v) is 12.9. The Morgan fingerprint density at radius 1 is 1.32 bits per heavy atom. The van der Waals surface area contributed by atoms with Gasteiger partial charge in [-0.25, -0.2) is 0 Å². The molecule has 0 aromatic heterocycles. The van der Waals surface area contributed by atoms with Gasteiger partial charge in [-0.15, -0.1) is 0 Å². The highest BCUT2D eigenvalue weighted by molar-refractivity contribution is 5.50. The predicted octanol–water partition coefficient (Wildman–Crippen LogP) is 3.90. The molecule has 0 bridgehead atoms. The van der Waals surface area contributed by atoms with Gasteiger partial charge in [-0.05, 0) is 37.7 Å². The van der Waals surface area contributed by atoms with Gasteiger partial charge in [0.25, 0.3) is 0 Å². The van der Waals surface area contributed by atoms with Gasteiger partial charge in [-0.3, -0.25) is 0 Å². The van der Waals surface area contributed by atoms with Crippen molar-refractivity contribution in [1.29, 1.82) is 0 Å². The third-order valence-corrected chi connectivity index (χ3v) is 4.01. The minimum atomic E-state index is 0.100. The minimum absolute atomic E-state index is 0.100. The third-order valence-electron chi connectivity index (χ3n) is 4.01. The Kier molecular flexibility index (Phi) is 3.91. The molecule has 2 unspecified atom stereocenters. The maximum atomic E-state index is 6.21. The van der Waals surface area contributed by atoms with Crippen molar-refractivity contribution < 1.29 is 4.74 Å². The van der Waals surface area contributed by atoms with E-state index in [0.717, 1.165) is 25.2 Å². The molecule has 1 aliphatic heterocycles. The summed E-state index contributed by atoms with van der Waals surface area (Å²) in [6.07, 6.45) is 2.21. The van der Waals surface area contributed by atoms with Crippen molar-refractivity contribution in [3.8, 4) is 5.75 Å². The lowest BCUT2D eigenvalue weighted by molar-refractivity contribution is 0.307. The maximum Gasteiger partial charge on any atom is 0.126 e. The number of rotatable bonds is 1. The summed E-state index contributed by atoms with van der Waals surface area (Å²) >= 11 is 0. The van der Waals surface area contributed by atoms with Crippen LogP contribution in [-0.4, -0.2) is 12.6 Å². The van der Waals surface area contributed by atoms with E-state index in [2.05, 4.69) is 46.8 Å². The third kappa shape index (κ3) is 2.94. The Bertz CT molecular complexity index is 457. The molecule has 0 saturated heterocycles. The molecule has 1 aliphatic rings. The van der Waals surface area contributed by atoms with Crippen LogP contribution >= 0.6 is 0 Å². The van der Waals surface area contributed by atoms with E-state index in [0.29, 0.717) is 5.92 Å². The highest BCUT2D eigenvalue weighted by Crippen LogP contribution is 2.42. The second kappa shape index (κ2) is 5.16. The zero-order valence-electron chi connectivity index (χ0n) is 12.9. The summed E-state index contributed by atoms with van der Waals surface area (Å²) in [5, 5.41) is 0. The van der Waals surface area contributed by atoms with Gasteiger partial charge >= 0.3 is 0 Å². The molecule has 0 fully saturated rings. The lowest BCUT2D eigenvalue weighted by Crippen LogP contribution is -2.25. The molecule has 0 spiro atoms. The standard InChI is InChI=1S/C17H27NO/c1-11-9-14-13(12(2)18)7-6-8-19-16(14)15(10-11)17(3,4)5/h9-10,12-13H,6-8,18H2,1-5H3. The smallest absolute Gasteiger partial charge is 0.126 e. The highest BCUT2D eigenvalue weighted by Gasteiger charge is 2.28. The fraction of sp³-hybridized carbons (Fsp3) is 0.647. The molecule has 106 valence electrons. The molecule has 2 N–H and O–H groups in total. The summed E-state index contributed by atoms with van der Waals surface area (Å²) < 4.78 is 6.09. The van der Waals surface area contributed by atoms with Gasteiger partial charge in [-0.1, -0.05) is 38.5 Å². The molecule has 2 rings (SSSR count). The first-order chi connectivity index (χ1) is 8.80. The fourth-order valence-corrected chi connectivity index (χ4v) is 2.97. The topological polar surface area (TPSA) is 35.2 Å². The first kappa shape index (κ1) is 14.4. The molecule has 1 aromatic carbocycles. The molecule has 0 radical (unpaired) electrons. The largest absolute Gasteiger partial charge is 0.493 e. The Labute approximate surface area is 117 Å². The summed E-state index contributed by atoms with van der Waals surface area (Å²) in [5.41, 5.74) is 10.2. The van der Waals surface area contributed by atoms with Gasteiger partial charge in [0.05, 0.1) is 6.61 Å². The molecule has 2 nitrogen and oxygen atoms in total. The summed E-state index contributed by atoms with van der Waals surface area (Å²) in [6, 6.07) is 4.71. The average molecular weight is 261 g/mol. The fourth-order valence-electron chi connectivity index (χ4n) is 2.97. The quantitative estimate of drug-likeness (QED) is 0.832. The number of nitrogens with two attached hydrogens (primary N) is 1. The summed E-state index contributed by atoms with van der Waals surface area (Å²) in [6.45, 7) is 11.8. The highest BCUT2D eigenvalue weighted by atomic mass is 16.5. The van der Waals surface area contributed by atoms with E-state index in [1.54, 1.807) is 0 Å². The molecule has 0 aliphatic carbocycles. The molecule has 1 heterocycles. The van der Waals surface area contributed by atoms with Gasteiger partial charge in [0, 0.05) is 17.5 Å².